The SMILES string of the molecule is O=C(O)C(Cc1ccccc1)Nc1cccc2ccccc12. The van der Waals surface area contributed by atoms with E-state index in [0.29, 0.717) is 6.42 Å². The summed E-state index contributed by atoms with van der Waals surface area (Å²) in [4.78, 5) is 11.6. The number of rotatable bonds is 5. The Bertz CT molecular complexity index is 778. The zero-order valence-electron chi connectivity index (χ0n) is 12.1. The number of carboxylic acid groups (broad SMARTS) is 1. The van der Waals surface area contributed by atoms with Crippen LogP contribution in [0.3, 0.4) is 0 Å². The number of benzene rings is 3. The van der Waals surface area contributed by atoms with Crippen molar-refractivity contribution < 1.29 is 9.90 Å². The highest BCUT2D eigenvalue weighted by Gasteiger charge is 2.18. The van der Waals surface area contributed by atoms with Crippen molar-refractivity contribution >= 4 is 22.4 Å². The molecule has 0 saturated heterocycles. The molecule has 0 heterocycles. The molecule has 1 unspecified atom stereocenters. The first-order valence-corrected chi connectivity index (χ1v) is 7.25. The van der Waals surface area contributed by atoms with Gasteiger partial charge in [-0.1, -0.05) is 66.7 Å². The van der Waals surface area contributed by atoms with Crippen molar-refractivity contribution in [3.8, 4) is 0 Å². The minimum absolute atomic E-state index is 0.444. The standard InChI is InChI=1S/C19H17NO2/c21-19(22)18(13-14-7-2-1-3-8-14)20-17-12-6-10-15-9-4-5-11-16(15)17/h1-12,18,20H,13H2,(H,21,22). The predicted octanol–water partition coefficient (Wildman–Crippen LogP) is 3.95. The lowest BCUT2D eigenvalue weighted by Gasteiger charge is -2.17. The molecule has 0 fully saturated rings. The van der Waals surface area contributed by atoms with Crippen LogP contribution >= 0.6 is 0 Å². The molecule has 3 aromatic rings. The van der Waals surface area contributed by atoms with Crippen LogP contribution in [0.4, 0.5) is 5.69 Å². The molecule has 2 N–H and O–H groups in total. The highest BCUT2D eigenvalue weighted by atomic mass is 16.4. The van der Waals surface area contributed by atoms with Crippen molar-refractivity contribution in [2.24, 2.45) is 0 Å². The summed E-state index contributed by atoms with van der Waals surface area (Å²) in [5, 5.41) is 14.8. The summed E-state index contributed by atoms with van der Waals surface area (Å²) in [6.45, 7) is 0. The molecular formula is C19H17NO2. The maximum absolute atomic E-state index is 11.6. The molecule has 0 aliphatic rings. The molecule has 22 heavy (non-hydrogen) atoms. The Morgan fingerprint density at radius 2 is 1.59 bits per heavy atom. The Morgan fingerprint density at radius 3 is 2.36 bits per heavy atom. The molecule has 110 valence electrons. The number of anilines is 1. The summed E-state index contributed by atoms with van der Waals surface area (Å²) in [7, 11) is 0. The largest absolute Gasteiger partial charge is 0.480 e. The van der Waals surface area contributed by atoms with E-state index in [1.807, 2.05) is 72.8 Å². The van der Waals surface area contributed by atoms with Crippen molar-refractivity contribution in [3.05, 3.63) is 78.4 Å². The number of aliphatic carboxylic acids is 1. The summed E-state index contributed by atoms with van der Waals surface area (Å²) in [5.74, 6) is -0.850. The van der Waals surface area contributed by atoms with Gasteiger partial charge in [0.1, 0.15) is 6.04 Å². The summed E-state index contributed by atoms with van der Waals surface area (Å²) in [6, 6.07) is 22.8. The van der Waals surface area contributed by atoms with Crippen molar-refractivity contribution in [3.63, 3.8) is 0 Å². The summed E-state index contributed by atoms with van der Waals surface area (Å²) < 4.78 is 0. The van der Waals surface area contributed by atoms with Gasteiger partial charge in [0.25, 0.3) is 0 Å². The van der Waals surface area contributed by atoms with Gasteiger partial charge in [-0.3, -0.25) is 0 Å². The van der Waals surface area contributed by atoms with Gasteiger partial charge in [-0.25, -0.2) is 4.79 Å². The smallest absolute Gasteiger partial charge is 0.326 e. The van der Waals surface area contributed by atoms with Crippen molar-refractivity contribution in [2.45, 2.75) is 12.5 Å². The van der Waals surface area contributed by atoms with E-state index in [2.05, 4.69) is 5.32 Å². The van der Waals surface area contributed by atoms with Gasteiger partial charge in [-0.2, -0.15) is 0 Å². The van der Waals surface area contributed by atoms with E-state index in [0.717, 1.165) is 22.0 Å². The molecule has 0 spiro atoms. The lowest BCUT2D eigenvalue weighted by atomic mass is 10.0. The normalized spacial score (nSPS) is 12.0. The van der Waals surface area contributed by atoms with E-state index in [1.165, 1.54) is 0 Å². The molecule has 0 aromatic heterocycles. The monoisotopic (exact) mass is 291 g/mol. The van der Waals surface area contributed by atoms with Gasteiger partial charge in [0, 0.05) is 17.5 Å². The van der Waals surface area contributed by atoms with Gasteiger partial charge in [0.15, 0.2) is 0 Å². The van der Waals surface area contributed by atoms with E-state index in [1.54, 1.807) is 0 Å². The Balaban J connectivity index is 1.88. The summed E-state index contributed by atoms with van der Waals surface area (Å²) >= 11 is 0. The Hall–Kier alpha value is -2.81. The van der Waals surface area contributed by atoms with Crippen LogP contribution in [-0.2, 0) is 11.2 Å². The van der Waals surface area contributed by atoms with Crippen LogP contribution in [-0.4, -0.2) is 17.1 Å². The number of carboxylic acids is 1. The van der Waals surface area contributed by atoms with Crippen molar-refractivity contribution in [1.82, 2.24) is 0 Å². The number of hydrogen-bond acceptors (Lipinski definition) is 2. The van der Waals surface area contributed by atoms with Gasteiger partial charge in [0.2, 0.25) is 0 Å². The van der Waals surface area contributed by atoms with Crippen molar-refractivity contribution in [2.75, 3.05) is 5.32 Å². The third-order valence-electron chi connectivity index (χ3n) is 3.70. The molecule has 0 aliphatic carbocycles. The minimum Gasteiger partial charge on any atom is -0.480 e. The molecule has 0 amide bonds. The van der Waals surface area contributed by atoms with Crippen LogP contribution < -0.4 is 5.32 Å². The second-order valence-corrected chi connectivity index (χ2v) is 5.25. The first-order chi connectivity index (χ1) is 10.7. The van der Waals surface area contributed by atoms with Gasteiger partial charge in [-0.15, -0.1) is 0 Å². The molecule has 0 aliphatic heterocycles. The molecule has 1 atom stereocenters. The van der Waals surface area contributed by atoms with Crippen LogP contribution in [0.15, 0.2) is 72.8 Å². The summed E-state index contributed by atoms with van der Waals surface area (Å²) in [6.07, 6.45) is 0.444. The second kappa shape index (κ2) is 6.31. The predicted molar refractivity (Wildman–Crippen MR) is 89.1 cm³/mol. The van der Waals surface area contributed by atoms with Gasteiger partial charge in [-0.05, 0) is 17.0 Å². The topological polar surface area (TPSA) is 49.3 Å². The van der Waals surface area contributed by atoms with Crippen LogP contribution in [0.5, 0.6) is 0 Å². The first kappa shape index (κ1) is 14.1. The van der Waals surface area contributed by atoms with E-state index in [9.17, 15) is 9.90 Å². The van der Waals surface area contributed by atoms with Crippen LogP contribution in [0.1, 0.15) is 5.56 Å². The lowest BCUT2D eigenvalue weighted by molar-refractivity contribution is -0.137. The van der Waals surface area contributed by atoms with E-state index < -0.39 is 12.0 Å². The third kappa shape index (κ3) is 3.09. The fourth-order valence-electron chi connectivity index (χ4n) is 2.59. The Labute approximate surface area is 129 Å². The molecular weight excluding hydrogens is 274 g/mol. The number of carbonyl (C=O) groups is 1. The van der Waals surface area contributed by atoms with Gasteiger partial charge in [0.05, 0.1) is 0 Å². The Morgan fingerprint density at radius 1 is 0.909 bits per heavy atom. The van der Waals surface area contributed by atoms with Gasteiger partial charge >= 0.3 is 5.97 Å². The average molecular weight is 291 g/mol. The lowest BCUT2D eigenvalue weighted by Crippen LogP contribution is -2.31. The highest BCUT2D eigenvalue weighted by molar-refractivity contribution is 5.95. The van der Waals surface area contributed by atoms with Crippen molar-refractivity contribution in [1.29, 1.82) is 0 Å². The van der Waals surface area contributed by atoms with Crippen LogP contribution in [0, 0.1) is 0 Å². The molecule has 0 bridgehead atoms. The fraction of sp³-hybridized carbons (Fsp3) is 0.105. The molecule has 0 radical (unpaired) electrons. The van der Waals surface area contributed by atoms with E-state index in [-0.39, 0.29) is 0 Å². The van der Waals surface area contributed by atoms with Gasteiger partial charge < -0.3 is 10.4 Å². The third-order valence-corrected chi connectivity index (χ3v) is 3.70. The zero-order valence-corrected chi connectivity index (χ0v) is 12.1. The molecule has 3 nitrogen and oxygen atoms in total. The maximum Gasteiger partial charge on any atom is 0.326 e. The van der Waals surface area contributed by atoms with Crippen LogP contribution in [0.2, 0.25) is 0 Å². The molecule has 3 rings (SSSR count). The number of nitrogens with one attached hydrogen (secondary N) is 1. The zero-order chi connectivity index (χ0) is 15.4. The number of hydrogen-bond donors (Lipinski definition) is 2. The molecule has 3 heteroatoms. The second-order valence-electron chi connectivity index (χ2n) is 5.25. The number of fused-ring (bicyclic) bond motifs is 1. The van der Waals surface area contributed by atoms with E-state index in [4.69, 9.17) is 0 Å². The Kier molecular flexibility index (Phi) is 4.05. The van der Waals surface area contributed by atoms with Crippen LogP contribution in [0.25, 0.3) is 10.8 Å². The first-order valence-electron chi connectivity index (χ1n) is 7.25. The molecule has 3 aromatic carbocycles. The van der Waals surface area contributed by atoms with E-state index >= 15 is 0 Å². The minimum atomic E-state index is -0.850. The quantitative estimate of drug-likeness (QED) is 0.748. The molecule has 0 saturated carbocycles. The fourth-order valence-corrected chi connectivity index (χ4v) is 2.59. The summed E-state index contributed by atoms with van der Waals surface area (Å²) in [5.41, 5.74) is 1.85. The average Bonchev–Trinajstić information content (AvgIpc) is 2.55. The maximum atomic E-state index is 11.6. The highest BCUT2D eigenvalue weighted by Crippen LogP contribution is 2.24.